The van der Waals surface area contributed by atoms with Crippen LogP contribution in [0.4, 0.5) is 9.52 Å². The number of para-hydroxylation sites is 1. The van der Waals surface area contributed by atoms with E-state index in [9.17, 15) is 19.1 Å². The van der Waals surface area contributed by atoms with Gasteiger partial charge in [-0.15, -0.1) is 10.2 Å². The first-order valence-electron chi connectivity index (χ1n) is 14.6. The quantitative estimate of drug-likeness (QED) is 0.0582. The summed E-state index contributed by atoms with van der Waals surface area (Å²) in [6.07, 6.45) is 1.82. The summed E-state index contributed by atoms with van der Waals surface area (Å²) < 4.78 is 22.6. The third-order valence-corrected chi connectivity index (χ3v) is 9.92. The molecule has 47 heavy (non-hydrogen) atoms. The van der Waals surface area contributed by atoms with Crippen LogP contribution in [0.2, 0.25) is 0 Å². The van der Waals surface area contributed by atoms with Gasteiger partial charge >= 0.3 is 5.91 Å². The lowest BCUT2D eigenvalue weighted by molar-refractivity contribution is -0.132. The van der Waals surface area contributed by atoms with Crippen LogP contribution < -0.4 is 9.64 Å². The van der Waals surface area contributed by atoms with E-state index in [0.29, 0.717) is 44.1 Å². The summed E-state index contributed by atoms with van der Waals surface area (Å²) in [6, 6.07) is 25.4. The Morgan fingerprint density at radius 2 is 1.72 bits per heavy atom. The Kier molecular flexibility index (Phi) is 8.04. The highest BCUT2D eigenvalue weighted by atomic mass is 32.2. The van der Waals surface area contributed by atoms with E-state index in [1.807, 2.05) is 60.0 Å². The lowest BCUT2D eigenvalue weighted by Crippen LogP contribution is -2.29. The van der Waals surface area contributed by atoms with Crippen molar-refractivity contribution in [2.75, 3.05) is 4.90 Å². The molecule has 1 N–H and O–H groups in total. The summed E-state index contributed by atoms with van der Waals surface area (Å²) >= 11 is 2.37. The Bertz CT molecular complexity index is 2200. The fourth-order valence-corrected chi connectivity index (χ4v) is 7.36. The number of nitrogens with zero attached hydrogens (tertiary/aromatic N) is 5. The lowest BCUT2D eigenvalue weighted by atomic mass is 9.96. The predicted molar refractivity (Wildman–Crippen MR) is 178 cm³/mol. The molecule has 1 saturated heterocycles. The first-order valence-corrected chi connectivity index (χ1v) is 16.4. The van der Waals surface area contributed by atoms with Gasteiger partial charge < -0.3 is 14.2 Å². The van der Waals surface area contributed by atoms with Gasteiger partial charge in [0.15, 0.2) is 10.1 Å². The first-order chi connectivity index (χ1) is 22.8. The summed E-state index contributed by atoms with van der Waals surface area (Å²) in [6.45, 7) is 3.69. The predicted octanol–water partition coefficient (Wildman–Crippen LogP) is 7.65. The summed E-state index contributed by atoms with van der Waals surface area (Å²) in [5.41, 5.74) is 3.18. The molecule has 1 atom stereocenters. The lowest BCUT2D eigenvalue weighted by Gasteiger charge is -2.23. The number of aliphatic hydroxyl groups is 1. The highest BCUT2D eigenvalue weighted by molar-refractivity contribution is 8.00. The maximum absolute atomic E-state index is 14.2. The molecule has 0 radical (unpaired) electrons. The number of halogens is 1. The van der Waals surface area contributed by atoms with E-state index in [0.717, 1.165) is 16.9 Å². The maximum atomic E-state index is 14.2. The highest BCUT2D eigenvalue weighted by Crippen LogP contribution is 2.45. The molecule has 1 aliphatic rings. The number of benzene rings is 3. The van der Waals surface area contributed by atoms with Gasteiger partial charge in [-0.1, -0.05) is 77.7 Å². The Morgan fingerprint density at radius 1 is 0.957 bits per heavy atom. The molecule has 1 aliphatic heterocycles. The number of Topliss-reactive ketones (excluding diaryl/α,β-unsaturated/α-hetero) is 1. The molecule has 4 heterocycles. The molecular weight excluding hydrogens is 638 g/mol. The van der Waals surface area contributed by atoms with E-state index in [1.54, 1.807) is 49.4 Å². The Labute approximate surface area is 277 Å². The maximum Gasteiger partial charge on any atom is 0.301 e. The Morgan fingerprint density at radius 3 is 2.51 bits per heavy atom. The van der Waals surface area contributed by atoms with Gasteiger partial charge in [-0.2, -0.15) is 0 Å². The molecule has 0 saturated carbocycles. The van der Waals surface area contributed by atoms with Crippen molar-refractivity contribution in [3.05, 3.63) is 137 Å². The van der Waals surface area contributed by atoms with E-state index in [-0.39, 0.29) is 22.2 Å². The third-order valence-electron chi connectivity index (χ3n) is 7.82. The van der Waals surface area contributed by atoms with Crippen LogP contribution in [0.1, 0.15) is 34.1 Å². The van der Waals surface area contributed by atoms with Crippen molar-refractivity contribution in [2.24, 2.45) is 0 Å². The molecule has 1 unspecified atom stereocenters. The number of ether oxygens (including phenoxy) is 1. The van der Waals surface area contributed by atoms with Crippen molar-refractivity contribution in [1.82, 2.24) is 19.6 Å². The molecule has 3 aromatic carbocycles. The number of thioether (sulfide) groups is 1. The van der Waals surface area contributed by atoms with Crippen molar-refractivity contribution in [2.45, 2.75) is 30.0 Å². The second-order valence-electron chi connectivity index (χ2n) is 10.8. The number of aryl methyl sites for hydroxylation is 2. The molecular formula is C35H26FN5O4S2. The average molecular weight is 664 g/mol. The largest absolute Gasteiger partial charge is 0.505 e. The van der Waals surface area contributed by atoms with Crippen molar-refractivity contribution in [1.29, 1.82) is 0 Å². The van der Waals surface area contributed by atoms with Crippen molar-refractivity contribution >= 4 is 51.3 Å². The number of carbonyl (C=O) groups is 2. The topological polar surface area (TPSA) is 110 Å². The monoisotopic (exact) mass is 663 g/mol. The van der Waals surface area contributed by atoms with Crippen molar-refractivity contribution in [3.63, 3.8) is 0 Å². The first kappa shape index (κ1) is 30.3. The fraction of sp³-hybridized carbons (Fsp3) is 0.114. The molecule has 0 bridgehead atoms. The third kappa shape index (κ3) is 5.66. The minimum atomic E-state index is -1.07. The fourth-order valence-electron chi connectivity index (χ4n) is 5.51. The number of aromatic nitrogens is 4. The molecule has 0 aliphatic carbocycles. The highest BCUT2D eigenvalue weighted by Gasteiger charge is 2.49. The number of hydrogen-bond donors (Lipinski definition) is 1. The standard InChI is InChI=1S/C35H26FN5O4S2/c1-20-10-9-17-40-21(2)28(37-32(20)40)30(42)27-29(22-12-8-15-25(18-22)45-24-13-4-3-5-14-24)41(33(44)31(27)43)34-38-39-35(47-34)46-19-23-11-6-7-16-26(23)36/h3-18,29,42H,19H2,1-2H3. The van der Waals surface area contributed by atoms with Gasteiger partial charge in [-0.05, 0) is 66.9 Å². The number of imidazole rings is 1. The van der Waals surface area contributed by atoms with Gasteiger partial charge in [0.1, 0.15) is 28.7 Å². The van der Waals surface area contributed by atoms with Crippen LogP contribution in [0.15, 0.2) is 107 Å². The van der Waals surface area contributed by atoms with Crippen molar-refractivity contribution in [3.8, 4) is 11.5 Å². The Hall–Kier alpha value is -5.33. The number of ketones is 1. The van der Waals surface area contributed by atoms with E-state index >= 15 is 0 Å². The van der Waals surface area contributed by atoms with Crippen LogP contribution in [-0.2, 0) is 15.3 Å². The number of anilines is 1. The summed E-state index contributed by atoms with van der Waals surface area (Å²) in [5.74, 6) is -1.10. The zero-order valence-corrected chi connectivity index (χ0v) is 26.8. The SMILES string of the molecule is Cc1cccn2c(C)c(C(O)=C3C(=O)C(=O)N(c4nnc(SCc5ccccc5F)s4)C3c3cccc(Oc4ccccc4)c3)nc12. The van der Waals surface area contributed by atoms with Gasteiger partial charge in [0.25, 0.3) is 5.78 Å². The second-order valence-corrected chi connectivity index (χ2v) is 13.0. The molecule has 3 aromatic heterocycles. The molecule has 1 amide bonds. The average Bonchev–Trinajstić information content (AvgIpc) is 3.76. The van der Waals surface area contributed by atoms with Gasteiger partial charge in [0.05, 0.1) is 17.3 Å². The minimum Gasteiger partial charge on any atom is -0.505 e. The number of rotatable bonds is 8. The molecule has 1 fully saturated rings. The summed E-state index contributed by atoms with van der Waals surface area (Å²) in [7, 11) is 0. The van der Waals surface area contributed by atoms with Gasteiger partial charge in [0.2, 0.25) is 5.13 Å². The number of pyridine rings is 1. The molecule has 0 spiro atoms. The zero-order chi connectivity index (χ0) is 32.7. The number of carbonyl (C=O) groups excluding carboxylic acids is 2. The van der Waals surface area contributed by atoms with Crippen LogP contribution >= 0.6 is 23.1 Å². The zero-order valence-electron chi connectivity index (χ0n) is 25.1. The summed E-state index contributed by atoms with van der Waals surface area (Å²) in [5, 5.41) is 20.5. The molecule has 12 heteroatoms. The van der Waals surface area contributed by atoms with Gasteiger partial charge in [-0.25, -0.2) is 9.37 Å². The van der Waals surface area contributed by atoms with E-state index in [2.05, 4.69) is 15.2 Å². The smallest absolute Gasteiger partial charge is 0.301 e. The normalized spacial score (nSPS) is 15.9. The van der Waals surface area contributed by atoms with Crippen LogP contribution in [0, 0.1) is 19.7 Å². The number of amides is 1. The summed E-state index contributed by atoms with van der Waals surface area (Å²) in [4.78, 5) is 33.6. The molecule has 7 rings (SSSR count). The number of hydrogen-bond acceptors (Lipinski definition) is 9. The van der Waals surface area contributed by atoms with E-state index in [1.165, 1.54) is 22.7 Å². The van der Waals surface area contributed by atoms with Crippen molar-refractivity contribution < 1.29 is 23.8 Å². The van der Waals surface area contributed by atoms with Crippen LogP contribution in [0.5, 0.6) is 11.5 Å². The Balaban J connectivity index is 1.33. The van der Waals surface area contributed by atoms with Crippen LogP contribution in [0.3, 0.4) is 0 Å². The number of aliphatic hydroxyl groups excluding tert-OH is 1. The van der Waals surface area contributed by atoms with E-state index in [4.69, 9.17) is 4.74 Å². The minimum absolute atomic E-state index is 0.133. The van der Waals surface area contributed by atoms with Gasteiger partial charge in [-0.3, -0.25) is 14.5 Å². The van der Waals surface area contributed by atoms with Gasteiger partial charge in [0, 0.05) is 11.9 Å². The molecule has 6 aromatic rings. The second kappa shape index (κ2) is 12.5. The van der Waals surface area contributed by atoms with E-state index < -0.39 is 23.5 Å². The molecule has 234 valence electrons. The van der Waals surface area contributed by atoms with Crippen LogP contribution in [-0.4, -0.2) is 36.4 Å². The number of fused-ring (bicyclic) bond motifs is 1. The molecule has 9 nitrogen and oxygen atoms in total. The van der Waals surface area contributed by atoms with Crippen LogP contribution in [0.25, 0.3) is 11.4 Å².